The lowest BCUT2D eigenvalue weighted by atomic mass is 10.2. The largest absolute Gasteiger partial charge is 0.476 e. The van der Waals surface area contributed by atoms with Crippen LogP contribution in [0.3, 0.4) is 0 Å². The first kappa shape index (κ1) is 18.2. The van der Waals surface area contributed by atoms with Crippen LogP contribution in [0.15, 0.2) is 12.1 Å². The van der Waals surface area contributed by atoms with Crippen LogP contribution in [0.5, 0.6) is 5.88 Å². The third-order valence-electron chi connectivity index (χ3n) is 5.11. The molecule has 0 spiro atoms. The molecule has 0 amide bonds. The van der Waals surface area contributed by atoms with Gasteiger partial charge in [-0.2, -0.15) is 4.98 Å². The number of ether oxygens (including phenoxy) is 2. The predicted octanol–water partition coefficient (Wildman–Crippen LogP) is 0.905. The summed E-state index contributed by atoms with van der Waals surface area (Å²) in [6.07, 6.45) is 0. The van der Waals surface area contributed by atoms with Crippen LogP contribution in [0.2, 0.25) is 0 Å². The van der Waals surface area contributed by atoms with E-state index in [4.69, 9.17) is 15.2 Å². The maximum Gasteiger partial charge on any atom is 0.217 e. The second-order valence-electron chi connectivity index (χ2n) is 6.81. The molecule has 0 aromatic carbocycles. The molecule has 2 saturated heterocycles. The number of nitrogens with two attached hydrogens (primary N) is 1. The Morgan fingerprint density at radius 2 is 2.04 bits per heavy atom. The average Bonchev–Trinajstić information content (AvgIpc) is 2.63. The Bertz CT molecular complexity index is 550. The Hall–Kier alpha value is -1.57. The van der Waals surface area contributed by atoms with E-state index in [2.05, 4.69) is 33.5 Å². The maximum atomic E-state index is 5.97. The zero-order valence-electron chi connectivity index (χ0n) is 15.5. The molecule has 2 N–H and O–H groups in total. The number of nitrogens with zero attached hydrogens (tertiary/aromatic N) is 4. The number of nitrogen functional groups attached to an aromatic ring is 1. The van der Waals surface area contributed by atoms with Crippen molar-refractivity contribution in [3.05, 3.63) is 12.1 Å². The molecule has 0 bridgehead atoms. The Labute approximate surface area is 150 Å². The van der Waals surface area contributed by atoms with Gasteiger partial charge in [0.1, 0.15) is 12.4 Å². The van der Waals surface area contributed by atoms with Crippen LogP contribution in [-0.2, 0) is 4.74 Å². The molecule has 2 aliphatic rings. The molecule has 7 nitrogen and oxygen atoms in total. The summed E-state index contributed by atoms with van der Waals surface area (Å²) in [6.45, 7) is 13.8. The summed E-state index contributed by atoms with van der Waals surface area (Å²) in [7, 11) is 0. The molecule has 1 unspecified atom stereocenters. The fourth-order valence-electron chi connectivity index (χ4n) is 3.55. The summed E-state index contributed by atoms with van der Waals surface area (Å²) in [6, 6.07) is 4.46. The minimum absolute atomic E-state index is 0.504. The number of aromatic nitrogens is 1. The summed E-state index contributed by atoms with van der Waals surface area (Å²) >= 11 is 0. The number of anilines is 2. The highest BCUT2D eigenvalue weighted by atomic mass is 16.5. The maximum absolute atomic E-state index is 5.97. The Morgan fingerprint density at radius 3 is 2.76 bits per heavy atom. The van der Waals surface area contributed by atoms with E-state index in [1.807, 2.05) is 12.1 Å². The standard InChI is InChI=1S/C18H31N5O2/c1-3-21-4-5-22(15(2)14-21)8-11-25-18-13-16(12-17(19)20-18)23-6-9-24-10-7-23/h12-13,15H,3-11,14H2,1-2H3,(H2,19,20). The van der Waals surface area contributed by atoms with E-state index in [-0.39, 0.29) is 0 Å². The third-order valence-corrected chi connectivity index (χ3v) is 5.11. The molecule has 1 aromatic rings. The number of rotatable bonds is 6. The van der Waals surface area contributed by atoms with Gasteiger partial charge in [0.05, 0.1) is 13.2 Å². The van der Waals surface area contributed by atoms with Gasteiger partial charge in [0, 0.05) is 63.1 Å². The molecule has 1 aromatic heterocycles. The second-order valence-corrected chi connectivity index (χ2v) is 6.81. The number of hydrogen-bond acceptors (Lipinski definition) is 7. The minimum atomic E-state index is 0.504. The molecule has 0 aliphatic carbocycles. The molecule has 0 radical (unpaired) electrons. The molecule has 7 heteroatoms. The van der Waals surface area contributed by atoms with Crippen LogP contribution in [0.25, 0.3) is 0 Å². The van der Waals surface area contributed by atoms with E-state index in [0.29, 0.717) is 24.3 Å². The summed E-state index contributed by atoms with van der Waals surface area (Å²) in [5.41, 5.74) is 7.03. The van der Waals surface area contributed by atoms with E-state index >= 15 is 0 Å². The highest BCUT2D eigenvalue weighted by Crippen LogP contribution is 2.23. The van der Waals surface area contributed by atoms with E-state index in [1.165, 1.54) is 0 Å². The number of pyridine rings is 1. The fraction of sp³-hybridized carbons (Fsp3) is 0.722. The van der Waals surface area contributed by atoms with Crippen molar-refractivity contribution in [3.63, 3.8) is 0 Å². The van der Waals surface area contributed by atoms with E-state index in [1.54, 1.807) is 0 Å². The topological polar surface area (TPSA) is 67.1 Å². The van der Waals surface area contributed by atoms with Crippen molar-refractivity contribution in [1.29, 1.82) is 0 Å². The Morgan fingerprint density at radius 1 is 1.24 bits per heavy atom. The first-order valence-electron chi connectivity index (χ1n) is 9.35. The van der Waals surface area contributed by atoms with Crippen LogP contribution >= 0.6 is 0 Å². The SMILES string of the molecule is CCN1CCN(CCOc2cc(N3CCOCC3)cc(N)n2)C(C)C1. The van der Waals surface area contributed by atoms with E-state index in [0.717, 1.165) is 64.7 Å². The first-order chi connectivity index (χ1) is 12.2. The van der Waals surface area contributed by atoms with Gasteiger partial charge in [-0.3, -0.25) is 4.90 Å². The lowest BCUT2D eigenvalue weighted by Crippen LogP contribution is -2.52. The lowest BCUT2D eigenvalue weighted by Gasteiger charge is -2.39. The summed E-state index contributed by atoms with van der Waals surface area (Å²) < 4.78 is 11.3. The summed E-state index contributed by atoms with van der Waals surface area (Å²) in [5.74, 6) is 1.12. The van der Waals surface area contributed by atoms with Crippen molar-refractivity contribution in [1.82, 2.24) is 14.8 Å². The van der Waals surface area contributed by atoms with Gasteiger partial charge < -0.3 is 25.0 Å². The molecule has 140 valence electrons. The summed E-state index contributed by atoms with van der Waals surface area (Å²) in [5, 5.41) is 0. The molecule has 3 rings (SSSR count). The minimum Gasteiger partial charge on any atom is -0.476 e. The summed E-state index contributed by atoms with van der Waals surface area (Å²) in [4.78, 5) is 11.6. The lowest BCUT2D eigenvalue weighted by molar-refractivity contribution is 0.0742. The van der Waals surface area contributed by atoms with Crippen LogP contribution in [0, 0.1) is 0 Å². The molecule has 1 atom stereocenters. The first-order valence-corrected chi connectivity index (χ1v) is 9.35. The Balaban J connectivity index is 1.52. The smallest absolute Gasteiger partial charge is 0.217 e. The van der Waals surface area contributed by atoms with Gasteiger partial charge in [0.15, 0.2) is 0 Å². The predicted molar refractivity (Wildman–Crippen MR) is 100 cm³/mol. The second kappa shape index (κ2) is 8.69. The van der Waals surface area contributed by atoms with Gasteiger partial charge in [-0.15, -0.1) is 0 Å². The molecule has 3 heterocycles. The molecule has 2 fully saturated rings. The molecule has 0 saturated carbocycles. The van der Waals surface area contributed by atoms with Crippen molar-refractivity contribution in [2.75, 3.05) is 76.3 Å². The van der Waals surface area contributed by atoms with Crippen molar-refractivity contribution in [3.8, 4) is 5.88 Å². The number of morpholine rings is 1. The average molecular weight is 349 g/mol. The van der Waals surface area contributed by atoms with Gasteiger partial charge in [-0.25, -0.2) is 0 Å². The Kier molecular flexibility index (Phi) is 6.34. The van der Waals surface area contributed by atoms with E-state index < -0.39 is 0 Å². The quantitative estimate of drug-likeness (QED) is 0.818. The van der Waals surface area contributed by atoms with E-state index in [9.17, 15) is 0 Å². The zero-order chi connectivity index (χ0) is 17.6. The van der Waals surface area contributed by atoms with Crippen molar-refractivity contribution in [2.45, 2.75) is 19.9 Å². The van der Waals surface area contributed by atoms with Gasteiger partial charge in [-0.05, 0) is 13.5 Å². The molecular formula is C18H31N5O2. The van der Waals surface area contributed by atoms with Gasteiger partial charge >= 0.3 is 0 Å². The molecular weight excluding hydrogens is 318 g/mol. The highest BCUT2D eigenvalue weighted by molar-refractivity contribution is 5.55. The van der Waals surface area contributed by atoms with Crippen LogP contribution < -0.4 is 15.4 Å². The third kappa shape index (κ3) is 4.96. The molecule has 2 aliphatic heterocycles. The van der Waals surface area contributed by atoms with Crippen molar-refractivity contribution in [2.24, 2.45) is 0 Å². The zero-order valence-corrected chi connectivity index (χ0v) is 15.5. The van der Waals surface area contributed by atoms with Gasteiger partial charge in [0.2, 0.25) is 5.88 Å². The fourth-order valence-corrected chi connectivity index (χ4v) is 3.55. The van der Waals surface area contributed by atoms with Crippen LogP contribution in [0.1, 0.15) is 13.8 Å². The number of likely N-dealkylation sites (N-methyl/N-ethyl adjacent to an activating group) is 1. The normalized spacial score (nSPS) is 23.0. The number of hydrogen-bond donors (Lipinski definition) is 1. The van der Waals surface area contributed by atoms with Crippen LogP contribution in [0.4, 0.5) is 11.5 Å². The van der Waals surface area contributed by atoms with Gasteiger partial charge in [-0.1, -0.05) is 6.92 Å². The van der Waals surface area contributed by atoms with Crippen molar-refractivity contribution >= 4 is 11.5 Å². The van der Waals surface area contributed by atoms with Crippen LogP contribution in [-0.4, -0.2) is 86.5 Å². The van der Waals surface area contributed by atoms with Crippen molar-refractivity contribution < 1.29 is 9.47 Å². The van der Waals surface area contributed by atoms with Gasteiger partial charge in [0.25, 0.3) is 0 Å². The molecule has 25 heavy (non-hydrogen) atoms. The monoisotopic (exact) mass is 349 g/mol. The highest BCUT2D eigenvalue weighted by Gasteiger charge is 2.22. The number of piperazine rings is 1.